The highest BCUT2D eigenvalue weighted by atomic mass is 16.1. The topological polar surface area (TPSA) is 17.1 Å². The number of hydrogen-bond acceptors (Lipinski definition) is 1. The second-order valence-electron chi connectivity index (χ2n) is 2.00. The van der Waals surface area contributed by atoms with E-state index in [1.165, 1.54) is 0 Å². The standard InChI is InChI=1S/C7H12O/c1-4-6(2)7(3)5-8/h5-6H,3-4H2,1-2H3/t6-/m1/s1. The first-order valence-electron chi connectivity index (χ1n) is 2.86. The van der Waals surface area contributed by atoms with E-state index in [0.29, 0.717) is 11.5 Å². The van der Waals surface area contributed by atoms with E-state index in [2.05, 4.69) is 6.58 Å². The molecule has 0 radical (unpaired) electrons. The average molecular weight is 112 g/mol. The van der Waals surface area contributed by atoms with Crippen LogP contribution in [0.1, 0.15) is 20.3 Å². The van der Waals surface area contributed by atoms with Gasteiger partial charge in [-0.15, -0.1) is 0 Å². The lowest BCUT2D eigenvalue weighted by Crippen LogP contribution is -1.95. The van der Waals surface area contributed by atoms with Crippen LogP contribution in [-0.4, -0.2) is 6.29 Å². The van der Waals surface area contributed by atoms with Gasteiger partial charge in [-0.3, -0.25) is 4.79 Å². The maximum Gasteiger partial charge on any atom is 0.145 e. The first-order chi connectivity index (χ1) is 3.72. The predicted molar refractivity (Wildman–Crippen MR) is 34.7 cm³/mol. The minimum atomic E-state index is 0.354. The normalized spacial score (nSPS) is 12.8. The van der Waals surface area contributed by atoms with Crippen molar-refractivity contribution in [2.45, 2.75) is 20.3 Å². The van der Waals surface area contributed by atoms with Crippen LogP contribution >= 0.6 is 0 Å². The molecular weight excluding hydrogens is 100 g/mol. The van der Waals surface area contributed by atoms with Crippen molar-refractivity contribution in [1.29, 1.82) is 0 Å². The Labute approximate surface area is 50.4 Å². The number of allylic oxidation sites excluding steroid dienone is 1. The van der Waals surface area contributed by atoms with Crippen LogP contribution in [0.5, 0.6) is 0 Å². The minimum absolute atomic E-state index is 0.354. The Kier molecular flexibility index (Phi) is 3.16. The van der Waals surface area contributed by atoms with Gasteiger partial charge in [0.05, 0.1) is 0 Å². The van der Waals surface area contributed by atoms with Crippen LogP contribution in [0.3, 0.4) is 0 Å². The highest BCUT2D eigenvalue weighted by Crippen LogP contribution is 2.08. The highest BCUT2D eigenvalue weighted by Gasteiger charge is 1.99. The molecule has 0 aromatic carbocycles. The monoisotopic (exact) mass is 112 g/mol. The largest absolute Gasteiger partial charge is 0.298 e. The molecule has 8 heavy (non-hydrogen) atoms. The summed E-state index contributed by atoms with van der Waals surface area (Å²) in [7, 11) is 0. The number of carbonyl (C=O) groups is 1. The van der Waals surface area contributed by atoms with E-state index >= 15 is 0 Å². The molecule has 0 unspecified atom stereocenters. The smallest absolute Gasteiger partial charge is 0.145 e. The molecule has 0 aliphatic rings. The minimum Gasteiger partial charge on any atom is -0.298 e. The molecule has 0 aromatic rings. The lowest BCUT2D eigenvalue weighted by atomic mass is 10.0. The Balaban J connectivity index is 3.62. The van der Waals surface area contributed by atoms with Crippen LogP contribution in [0.2, 0.25) is 0 Å². The summed E-state index contributed by atoms with van der Waals surface area (Å²) in [5, 5.41) is 0. The first kappa shape index (κ1) is 7.41. The molecule has 0 saturated carbocycles. The molecular formula is C7H12O. The van der Waals surface area contributed by atoms with Crippen molar-refractivity contribution in [3.05, 3.63) is 12.2 Å². The van der Waals surface area contributed by atoms with Crippen LogP contribution in [0.4, 0.5) is 0 Å². The second kappa shape index (κ2) is 3.42. The van der Waals surface area contributed by atoms with Gasteiger partial charge >= 0.3 is 0 Å². The molecule has 0 N–H and O–H groups in total. The van der Waals surface area contributed by atoms with Crippen molar-refractivity contribution in [2.24, 2.45) is 5.92 Å². The lowest BCUT2D eigenvalue weighted by Gasteiger charge is -2.02. The summed E-state index contributed by atoms with van der Waals surface area (Å²) in [4.78, 5) is 10.0. The van der Waals surface area contributed by atoms with Crippen molar-refractivity contribution < 1.29 is 4.79 Å². The molecule has 46 valence electrons. The predicted octanol–water partition coefficient (Wildman–Crippen LogP) is 1.79. The van der Waals surface area contributed by atoms with E-state index in [0.717, 1.165) is 12.7 Å². The van der Waals surface area contributed by atoms with E-state index in [1.807, 2.05) is 13.8 Å². The molecule has 0 saturated heterocycles. The van der Waals surface area contributed by atoms with Gasteiger partial charge in [0.1, 0.15) is 6.29 Å². The van der Waals surface area contributed by atoms with Crippen LogP contribution in [0.25, 0.3) is 0 Å². The quantitative estimate of drug-likeness (QED) is 0.402. The maximum atomic E-state index is 10.0. The van der Waals surface area contributed by atoms with E-state index in [-0.39, 0.29) is 0 Å². The third kappa shape index (κ3) is 1.92. The molecule has 1 atom stereocenters. The zero-order chi connectivity index (χ0) is 6.57. The fraction of sp³-hybridized carbons (Fsp3) is 0.571. The van der Waals surface area contributed by atoms with E-state index in [9.17, 15) is 4.79 Å². The molecule has 0 heterocycles. The molecule has 0 aromatic heterocycles. The lowest BCUT2D eigenvalue weighted by molar-refractivity contribution is -0.105. The SMILES string of the molecule is C=C(C=O)[C@H](C)CC. The van der Waals surface area contributed by atoms with Crippen molar-refractivity contribution in [2.75, 3.05) is 0 Å². The Bertz CT molecular complexity index is 94.6. The fourth-order valence-electron chi connectivity index (χ4n) is 0.378. The molecule has 0 bridgehead atoms. The van der Waals surface area contributed by atoms with E-state index in [1.54, 1.807) is 0 Å². The summed E-state index contributed by atoms with van der Waals surface area (Å²) >= 11 is 0. The summed E-state index contributed by atoms with van der Waals surface area (Å²) in [6, 6.07) is 0. The number of hydrogen-bond donors (Lipinski definition) is 0. The summed E-state index contributed by atoms with van der Waals surface area (Å²) in [6.45, 7) is 7.61. The van der Waals surface area contributed by atoms with Crippen LogP contribution in [0.15, 0.2) is 12.2 Å². The Morgan fingerprint density at radius 3 is 2.50 bits per heavy atom. The zero-order valence-electron chi connectivity index (χ0n) is 5.48. The summed E-state index contributed by atoms with van der Waals surface area (Å²) in [5.41, 5.74) is 0.701. The van der Waals surface area contributed by atoms with Crippen molar-refractivity contribution in [3.8, 4) is 0 Å². The maximum absolute atomic E-state index is 10.0. The summed E-state index contributed by atoms with van der Waals surface area (Å²) < 4.78 is 0. The van der Waals surface area contributed by atoms with Gasteiger partial charge in [0, 0.05) is 0 Å². The molecule has 0 amide bonds. The van der Waals surface area contributed by atoms with E-state index in [4.69, 9.17) is 0 Å². The van der Waals surface area contributed by atoms with Gasteiger partial charge in [-0.05, 0) is 17.9 Å². The van der Waals surface area contributed by atoms with Gasteiger partial charge in [0.15, 0.2) is 0 Å². The second-order valence-corrected chi connectivity index (χ2v) is 2.00. The molecule has 0 aliphatic carbocycles. The van der Waals surface area contributed by atoms with Gasteiger partial charge in [0.2, 0.25) is 0 Å². The van der Waals surface area contributed by atoms with Crippen LogP contribution < -0.4 is 0 Å². The van der Waals surface area contributed by atoms with Gasteiger partial charge in [-0.25, -0.2) is 0 Å². The molecule has 1 heteroatoms. The Morgan fingerprint density at radius 2 is 2.38 bits per heavy atom. The van der Waals surface area contributed by atoms with Crippen molar-refractivity contribution in [3.63, 3.8) is 0 Å². The van der Waals surface area contributed by atoms with E-state index < -0.39 is 0 Å². The number of rotatable bonds is 3. The summed E-state index contributed by atoms with van der Waals surface area (Å²) in [5.74, 6) is 0.354. The summed E-state index contributed by atoms with van der Waals surface area (Å²) in [6.07, 6.45) is 1.83. The highest BCUT2D eigenvalue weighted by molar-refractivity contribution is 5.72. The molecule has 1 nitrogen and oxygen atoms in total. The number of aldehydes is 1. The van der Waals surface area contributed by atoms with Gasteiger partial charge < -0.3 is 0 Å². The Morgan fingerprint density at radius 1 is 1.88 bits per heavy atom. The molecule has 0 aliphatic heterocycles. The van der Waals surface area contributed by atoms with Crippen molar-refractivity contribution >= 4 is 6.29 Å². The Hall–Kier alpha value is -0.590. The van der Waals surface area contributed by atoms with Gasteiger partial charge in [-0.2, -0.15) is 0 Å². The van der Waals surface area contributed by atoms with Crippen molar-refractivity contribution in [1.82, 2.24) is 0 Å². The molecule has 0 spiro atoms. The number of carbonyl (C=O) groups excluding carboxylic acids is 1. The van der Waals surface area contributed by atoms with Crippen LogP contribution in [0, 0.1) is 5.92 Å². The third-order valence-electron chi connectivity index (χ3n) is 1.40. The fourth-order valence-corrected chi connectivity index (χ4v) is 0.378. The van der Waals surface area contributed by atoms with Gasteiger partial charge in [0.25, 0.3) is 0 Å². The molecule has 0 rings (SSSR count). The zero-order valence-corrected chi connectivity index (χ0v) is 5.48. The van der Waals surface area contributed by atoms with Gasteiger partial charge in [-0.1, -0.05) is 20.4 Å². The first-order valence-corrected chi connectivity index (χ1v) is 2.86. The molecule has 0 fully saturated rings. The van der Waals surface area contributed by atoms with Crippen LogP contribution in [-0.2, 0) is 4.79 Å². The third-order valence-corrected chi connectivity index (χ3v) is 1.40. The average Bonchev–Trinajstić information content (AvgIpc) is 1.84.